The van der Waals surface area contributed by atoms with Crippen LogP contribution < -0.4 is 5.32 Å². The molecule has 132 valence electrons. The molecule has 2 aliphatic rings. The van der Waals surface area contributed by atoms with Crippen LogP contribution in [0.3, 0.4) is 0 Å². The first-order valence-corrected chi connectivity index (χ1v) is 7.39. The molecule has 0 radical (unpaired) electrons. The molecule has 2 saturated heterocycles. The summed E-state index contributed by atoms with van der Waals surface area (Å²) < 4.78 is 11.0. The number of hydrogen-bond donors (Lipinski definition) is 3. The topological polar surface area (TPSA) is 125 Å². The predicted molar refractivity (Wildman–Crippen MR) is 79.2 cm³/mol. The summed E-state index contributed by atoms with van der Waals surface area (Å²) >= 11 is 0. The van der Waals surface area contributed by atoms with Gasteiger partial charge in [0.05, 0.1) is 19.3 Å². The van der Waals surface area contributed by atoms with Crippen molar-refractivity contribution < 1.29 is 34.1 Å². The van der Waals surface area contributed by atoms with Gasteiger partial charge in [0, 0.05) is 19.1 Å². The molecule has 0 bridgehead atoms. The van der Waals surface area contributed by atoms with E-state index in [4.69, 9.17) is 29.3 Å². The van der Waals surface area contributed by atoms with E-state index in [0.29, 0.717) is 12.6 Å². The first kappa shape index (κ1) is 19.2. The number of fused-ring (bicyclic) bond motifs is 1. The number of carboxylic acids is 2. The van der Waals surface area contributed by atoms with E-state index in [1.54, 1.807) is 4.90 Å². The standard InChI is InChI=1S/C12H22N2O3.C2H2O4/c1-12(2,3)17-11(15)14-6-4-9-10(8-14)16-7-5-13-9;3-1(4)2(5)6/h9-10,13H,4-8H2,1-3H3;(H,3,4)(H,5,6)/t9-,10+;/m1./s1. The minimum atomic E-state index is -1.82. The fourth-order valence-corrected chi connectivity index (χ4v) is 2.27. The Hall–Kier alpha value is -1.87. The van der Waals surface area contributed by atoms with Crippen molar-refractivity contribution >= 4 is 18.0 Å². The molecule has 0 aromatic carbocycles. The highest BCUT2D eigenvalue weighted by Crippen LogP contribution is 2.19. The maximum atomic E-state index is 11.9. The molecule has 0 spiro atoms. The zero-order valence-electron chi connectivity index (χ0n) is 13.6. The maximum absolute atomic E-state index is 11.9. The van der Waals surface area contributed by atoms with Crippen molar-refractivity contribution in [2.24, 2.45) is 0 Å². The van der Waals surface area contributed by atoms with Crippen LogP contribution in [0.25, 0.3) is 0 Å². The fourth-order valence-electron chi connectivity index (χ4n) is 2.27. The summed E-state index contributed by atoms with van der Waals surface area (Å²) in [6.45, 7) is 8.67. The lowest BCUT2D eigenvalue weighted by atomic mass is 10.0. The van der Waals surface area contributed by atoms with E-state index >= 15 is 0 Å². The summed E-state index contributed by atoms with van der Waals surface area (Å²) in [5.41, 5.74) is -0.431. The van der Waals surface area contributed by atoms with E-state index in [1.807, 2.05) is 20.8 Å². The Bertz CT molecular complexity index is 435. The average Bonchev–Trinajstić information content (AvgIpc) is 2.45. The lowest BCUT2D eigenvalue weighted by Crippen LogP contribution is -2.59. The Morgan fingerprint density at radius 1 is 1.22 bits per heavy atom. The molecule has 0 aromatic rings. The van der Waals surface area contributed by atoms with E-state index in [1.165, 1.54) is 0 Å². The number of rotatable bonds is 0. The minimum absolute atomic E-state index is 0.116. The highest BCUT2D eigenvalue weighted by molar-refractivity contribution is 6.27. The van der Waals surface area contributed by atoms with E-state index < -0.39 is 17.5 Å². The molecule has 2 heterocycles. The van der Waals surface area contributed by atoms with E-state index in [-0.39, 0.29) is 12.2 Å². The highest BCUT2D eigenvalue weighted by atomic mass is 16.6. The number of nitrogens with zero attached hydrogens (tertiary/aromatic N) is 1. The molecule has 9 heteroatoms. The number of nitrogens with one attached hydrogen (secondary N) is 1. The molecule has 3 N–H and O–H groups in total. The smallest absolute Gasteiger partial charge is 0.414 e. The molecule has 2 rings (SSSR count). The van der Waals surface area contributed by atoms with Crippen LogP contribution in [-0.2, 0) is 19.1 Å². The summed E-state index contributed by atoms with van der Waals surface area (Å²) in [6, 6.07) is 0.391. The fraction of sp³-hybridized carbons (Fsp3) is 0.786. The van der Waals surface area contributed by atoms with Gasteiger partial charge >= 0.3 is 18.0 Å². The molecule has 2 aliphatic heterocycles. The van der Waals surface area contributed by atoms with Gasteiger partial charge in [0.1, 0.15) is 5.60 Å². The Balaban J connectivity index is 0.000000379. The van der Waals surface area contributed by atoms with Gasteiger partial charge in [0.2, 0.25) is 0 Å². The zero-order chi connectivity index (χ0) is 17.6. The second-order valence-corrected chi connectivity index (χ2v) is 6.30. The molecule has 0 saturated carbocycles. The van der Waals surface area contributed by atoms with Gasteiger partial charge in [-0.2, -0.15) is 0 Å². The van der Waals surface area contributed by atoms with Crippen LogP contribution in [0.4, 0.5) is 4.79 Å². The third-order valence-electron chi connectivity index (χ3n) is 3.23. The predicted octanol–water partition coefficient (Wildman–Crippen LogP) is 0.140. The summed E-state index contributed by atoms with van der Waals surface area (Å²) in [5, 5.41) is 18.2. The number of aliphatic carboxylic acids is 2. The van der Waals surface area contributed by atoms with Crippen LogP contribution in [0.15, 0.2) is 0 Å². The number of hydrogen-bond acceptors (Lipinski definition) is 6. The molecule has 0 aliphatic carbocycles. The van der Waals surface area contributed by atoms with Crippen LogP contribution in [0.2, 0.25) is 0 Å². The molecular formula is C14H24N2O7. The van der Waals surface area contributed by atoms with Gasteiger partial charge in [-0.3, -0.25) is 0 Å². The second-order valence-electron chi connectivity index (χ2n) is 6.30. The minimum Gasteiger partial charge on any atom is -0.473 e. The Labute approximate surface area is 134 Å². The summed E-state index contributed by atoms with van der Waals surface area (Å²) in [4.78, 5) is 31.9. The number of piperidine rings is 1. The summed E-state index contributed by atoms with van der Waals surface area (Å²) in [6.07, 6.45) is 0.819. The van der Waals surface area contributed by atoms with E-state index in [9.17, 15) is 4.79 Å². The largest absolute Gasteiger partial charge is 0.473 e. The van der Waals surface area contributed by atoms with Gasteiger partial charge in [-0.05, 0) is 27.2 Å². The van der Waals surface area contributed by atoms with Gasteiger partial charge in [0.25, 0.3) is 0 Å². The highest BCUT2D eigenvalue weighted by Gasteiger charge is 2.35. The molecule has 9 nitrogen and oxygen atoms in total. The van der Waals surface area contributed by atoms with Crippen molar-refractivity contribution in [2.45, 2.75) is 44.9 Å². The van der Waals surface area contributed by atoms with E-state index in [0.717, 1.165) is 26.1 Å². The SMILES string of the molecule is CC(C)(C)OC(=O)N1CC[C@H]2NCCO[C@H]2C1.O=C(O)C(=O)O. The lowest BCUT2D eigenvalue weighted by molar-refractivity contribution is -0.159. The Morgan fingerprint density at radius 2 is 1.83 bits per heavy atom. The van der Waals surface area contributed by atoms with Crippen molar-refractivity contribution in [3.05, 3.63) is 0 Å². The molecule has 1 amide bonds. The molecule has 2 fully saturated rings. The third-order valence-corrected chi connectivity index (χ3v) is 3.23. The first-order chi connectivity index (χ1) is 10.6. The van der Waals surface area contributed by atoms with E-state index in [2.05, 4.69) is 5.32 Å². The van der Waals surface area contributed by atoms with Gasteiger partial charge in [0.15, 0.2) is 0 Å². The third kappa shape index (κ3) is 6.83. The van der Waals surface area contributed by atoms with Crippen LogP contribution in [-0.4, -0.2) is 77.1 Å². The van der Waals surface area contributed by atoms with Crippen molar-refractivity contribution in [3.8, 4) is 0 Å². The Morgan fingerprint density at radius 3 is 2.35 bits per heavy atom. The number of ether oxygens (including phenoxy) is 2. The second kappa shape index (κ2) is 8.11. The van der Waals surface area contributed by atoms with Crippen molar-refractivity contribution in [1.29, 1.82) is 0 Å². The maximum Gasteiger partial charge on any atom is 0.414 e. The van der Waals surface area contributed by atoms with Gasteiger partial charge in [-0.1, -0.05) is 0 Å². The zero-order valence-corrected chi connectivity index (χ0v) is 13.6. The van der Waals surface area contributed by atoms with Crippen molar-refractivity contribution in [2.75, 3.05) is 26.2 Å². The lowest BCUT2D eigenvalue weighted by Gasteiger charge is -2.41. The number of likely N-dealkylation sites (tertiary alicyclic amines) is 1. The Kier molecular flexibility index (Phi) is 6.77. The van der Waals surface area contributed by atoms with Crippen LogP contribution >= 0.6 is 0 Å². The normalized spacial score (nSPS) is 23.9. The number of carboxylic acid groups (broad SMARTS) is 2. The molecule has 0 aromatic heterocycles. The van der Waals surface area contributed by atoms with Crippen molar-refractivity contribution in [3.63, 3.8) is 0 Å². The number of carbonyl (C=O) groups is 3. The molecule has 0 unspecified atom stereocenters. The van der Waals surface area contributed by atoms with Gasteiger partial charge in [-0.15, -0.1) is 0 Å². The monoisotopic (exact) mass is 332 g/mol. The molecular weight excluding hydrogens is 308 g/mol. The average molecular weight is 332 g/mol. The number of morpholine rings is 1. The quantitative estimate of drug-likeness (QED) is 0.535. The summed E-state index contributed by atoms with van der Waals surface area (Å²) in [7, 11) is 0. The summed E-state index contributed by atoms with van der Waals surface area (Å²) in [5.74, 6) is -3.65. The van der Waals surface area contributed by atoms with Gasteiger partial charge < -0.3 is 29.9 Å². The van der Waals surface area contributed by atoms with Gasteiger partial charge in [-0.25, -0.2) is 14.4 Å². The van der Waals surface area contributed by atoms with Crippen LogP contribution in [0.5, 0.6) is 0 Å². The molecule has 23 heavy (non-hydrogen) atoms. The van der Waals surface area contributed by atoms with Crippen molar-refractivity contribution in [1.82, 2.24) is 10.2 Å². The first-order valence-electron chi connectivity index (χ1n) is 7.39. The number of carbonyl (C=O) groups excluding carboxylic acids is 1. The molecule has 2 atom stereocenters. The van der Waals surface area contributed by atoms with Crippen LogP contribution in [0, 0.1) is 0 Å². The number of amides is 1. The van der Waals surface area contributed by atoms with Crippen LogP contribution in [0.1, 0.15) is 27.2 Å².